The van der Waals surface area contributed by atoms with Crippen molar-refractivity contribution >= 4 is 51.9 Å². The number of methoxy groups -OCH3 is 1. The zero-order valence-electron chi connectivity index (χ0n) is 13.8. The summed E-state index contributed by atoms with van der Waals surface area (Å²) in [4.78, 5) is 27.1. The van der Waals surface area contributed by atoms with Gasteiger partial charge in [0, 0.05) is 11.6 Å². The van der Waals surface area contributed by atoms with Crippen LogP contribution in [0.3, 0.4) is 0 Å². The zero-order valence-corrected chi connectivity index (χ0v) is 15.4. The van der Waals surface area contributed by atoms with Crippen molar-refractivity contribution < 1.29 is 19.6 Å². The van der Waals surface area contributed by atoms with Crippen LogP contribution in [0, 0.1) is 10.1 Å². The maximum atomic E-state index is 12.2. The predicted octanol–water partition coefficient (Wildman–Crippen LogP) is 3.85. The van der Waals surface area contributed by atoms with Gasteiger partial charge in [0.05, 0.1) is 33.7 Å². The molecule has 2 N–H and O–H groups in total. The van der Waals surface area contributed by atoms with Crippen LogP contribution >= 0.6 is 23.4 Å². The van der Waals surface area contributed by atoms with E-state index in [0.29, 0.717) is 15.9 Å². The molecular formula is C17H12ClN3O5S. The van der Waals surface area contributed by atoms with Gasteiger partial charge in [-0.15, -0.1) is 0 Å². The summed E-state index contributed by atoms with van der Waals surface area (Å²) in [6.45, 7) is 0. The van der Waals surface area contributed by atoms with Gasteiger partial charge in [0.2, 0.25) is 0 Å². The van der Waals surface area contributed by atoms with E-state index in [1.165, 1.54) is 13.2 Å². The number of nitrogens with zero attached hydrogens (tertiary/aromatic N) is 2. The Balaban J connectivity index is 1.97. The van der Waals surface area contributed by atoms with Crippen molar-refractivity contribution in [1.29, 1.82) is 0 Å². The fraction of sp³-hybridized carbons (Fsp3) is 0.0588. The van der Waals surface area contributed by atoms with Crippen LogP contribution in [-0.4, -0.2) is 28.2 Å². The number of aromatic hydroxyl groups is 1. The number of hydrogen-bond acceptors (Lipinski definition) is 7. The van der Waals surface area contributed by atoms with Gasteiger partial charge < -0.3 is 15.2 Å². The molecule has 0 aromatic heterocycles. The average molecular weight is 406 g/mol. The number of halogens is 1. The zero-order chi connectivity index (χ0) is 19.6. The van der Waals surface area contributed by atoms with E-state index in [1.807, 2.05) is 0 Å². The highest BCUT2D eigenvalue weighted by molar-refractivity contribution is 8.18. The summed E-state index contributed by atoms with van der Waals surface area (Å²) < 4.78 is 4.95. The Morgan fingerprint density at radius 1 is 1.37 bits per heavy atom. The number of benzene rings is 2. The number of amides is 1. The number of rotatable bonds is 4. The molecule has 1 aliphatic heterocycles. The molecule has 0 unspecified atom stereocenters. The summed E-state index contributed by atoms with van der Waals surface area (Å²) in [5.74, 6) is -0.819. The highest BCUT2D eigenvalue weighted by Crippen LogP contribution is 2.38. The number of ether oxygens (including phenoxy) is 1. The van der Waals surface area contributed by atoms with Crippen LogP contribution in [0.1, 0.15) is 5.56 Å². The molecule has 0 radical (unpaired) electrons. The Morgan fingerprint density at radius 2 is 2.11 bits per heavy atom. The second-order valence-electron chi connectivity index (χ2n) is 5.28. The molecule has 2 aromatic rings. The predicted molar refractivity (Wildman–Crippen MR) is 104 cm³/mol. The van der Waals surface area contributed by atoms with Crippen LogP contribution in [0.4, 0.5) is 11.4 Å². The number of thioether (sulfide) groups is 1. The third kappa shape index (κ3) is 4.04. The van der Waals surface area contributed by atoms with Crippen LogP contribution in [0.15, 0.2) is 46.3 Å². The second kappa shape index (κ2) is 7.68. The van der Waals surface area contributed by atoms with E-state index in [0.717, 1.165) is 23.9 Å². The molecule has 0 aliphatic carbocycles. The number of phenols is 1. The Hall–Kier alpha value is -3.04. The second-order valence-corrected chi connectivity index (χ2v) is 6.71. The lowest BCUT2D eigenvalue weighted by Gasteiger charge is -2.06. The van der Waals surface area contributed by atoms with Gasteiger partial charge in [0.1, 0.15) is 0 Å². The van der Waals surface area contributed by atoms with Gasteiger partial charge in [-0.1, -0.05) is 23.7 Å². The Morgan fingerprint density at radius 3 is 2.78 bits per heavy atom. The minimum atomic E-state index is -0.615. The Kier molecular flexibility index (Phi) is 5.33. The SMILES string of the molecule is COc1cc([N+](=O)[O-])cc(/C=C2\SC(=Nc3ccccc3Cl)NC2=O)c1O. The molecule has 0 atom stereocenters. The van der Waals surface area contributed by atoms with E-state index in [9.17, 15) is 20.0 Å². The summed E-state index contributed by atoms with van der Waals surface area (Å²) in [5.41, 5.74) is 0.297. The van der Waals surface area contributed by atoms with Crippen molar-refractivity contribution in [3.8, 4) is 11.5 Å². The molecule has 3 rings (SSSR count). The quantitative estimate of drug-likeness (QED) is 0.453. The number of para-hydroxylation sites is 1. The van der Waals surface area contributed by atoms with Crippen molar-refractivity contribution in [2.24, 2.45) is 4.99 Å². The van der Waals surface area contributed by atoms with Crippen molar-refractivity contribution in [2.45, 2.75) is 0 Å². The molecule has 0 saturated carbocycles. The molecule has 1 aliphatic rings. The van der Waals surface area contributed by atoms with Gasteiger partial charge in [-0.3, -0.25) is 14.9 Å². The van der Waals surface area contributed by atoms with E-state index in [-0.39, 0.29) is 27.7 Å². The number of phenolic OH excluding ortho intramolecular Hbond substituents is 1. The van der Waals surface area contributed by atoms with Gasteiger partial charge in [-0.25, -0.2) is 4.99 Å². The maximum Gasteiger partial charge on any atom is 0.274 e. The molecule has 10 heteroatoms. The number of nitro benzene ring substituents is 1. The number of nitrogens with one attached hydrogen (secondary N) is 1. The first-order valence-corrected chi connectivity index (χ1v) is 8.68. The molecule has 1 fully saturated rings. The molecule has 1 heterocycles. The molecule has 2 aromatic carbocycles. The summed E-state index contributed by atoms with van der Waals surface area (Å²) in [6.07, 6.45) is 1.33. The van der Waals surface area contributed by atoms with Crippen molar-refractivity contribution in [3.63, 3.8) is 0 Å². The number of carbonyl (C=O) groups excluding carboxylic acids is 1. The van der Waals surface area contributed by atoms with Crippen LogP contribution in [0.5, 0.6) is 11.5 Å². The average Bonchev–Trinajstić information content (AvgIpc) is 2.97. The maximum absolute atomic E-state index is 12.2. The largest absolute Gasteiger partial charge is 0.504 e. The smallest absolute Gasteiger partial charge is 0.274 e. The summed E-state index contributed by atoms with van der Waals surface area (Å²) in [7, 11) is 1.28. The molecule has 8 nitrogen and oxygen atoms in total. The number of nitro groups is 1. The summed E-state index contributed by atoms with van der Waals surface area (Å²) >= 11 is 7.08. The molecule has 1 saturated heterocycles. The number of aliphatic imine (C=N–C) groups is 1. The number of carbonyl (C=O) groups is 1. The first kappa shape index (κ1) is 18.7. The molecule has 1 amide bonds. The monoisotopic (exact) mass is 405 g/mol. The normalized spacial score (nSPS) is 16.6. The summed E-state index contributed by atoms with van der Waals surface area (Å²) in [5, 5.41) is 24.6. The van der Waals surface area contributed by atoms with E-state index >= 15 is 0 Å². The van der Waals surface area contributed by atoms with Gasteiger partial charge in [-0.2, -0.15) is 0 Å². The first-order valence-electron chi connectivity index (χ1n) is 7.48. The van der Waals surface area contributed by atoms with E-state index < -0.39 is 10.8 Å². The number of amidine groups is 1. The van der Waals surface area contributed by atoms with Gasteiger partial charge in [0.15, 0.2) is 16.7 Å². The van der Waals surface area contributed by atoms with Crippen LogP contribution in [0.2, 0.25) is 5.02 Å². The molecular weight excluding hydrogens is 394 g/mol. The van der Waals surface area contributed by atoms with E-state index in [1.54, 1.807) is 24.3 Å². The molecule has 138 valence electrons. The highest BCUT2D eigenvalue weighted by atomic mass is 35.5. The minimum absolute atomic E-state index is 0.0654. The lowest BCUT2D eigenvalue weighted by molar-refractivity contribution is -0.385. The summed E-state index contributed by atoms with van der Waals surface area (Å²) in [6, 6.07) is 9.14. The third-order valence-electron chi connectivity index (χ3n) is 3.53. The van der Waals surface area contributed by atoms with Crippen molar-refractivity contribution in [1.82, 2.24) is 5.32 Å². The van der Waals surface area contributed by atoms with Gasteiger partial charge in [0.25, 0.3) is 11.6 Å². The van der Waals surface area contributed by atoms with Gasteiger partial charge >= 0.3 is 0 Å². The molecule has 0 bridgehead atoms. The lowest BCUT2D eigenvalue weighted by atomic mass is 10.1. The highest BCUT2D eigenvalue weighted by Gasteiger charge is 2.25. The van der Waals surface area contributed by atoms with Crippen LogP contribution < -0.4 is 10.1 Å². The first-order chi connectivity index (χ1) is 12.9. The van der Waals surface area contributed by atoms with E-state index in [2.05, 4.69) is 10.3 Å². The fourth-order valence-corrected chi connectivity index (χ4v) is 3.26. The molecule has 27 heavy (non-hydrogen) atoms. The van der Waals surface area contributed by atoms with Crippen molar-refractivity contribution in [3.05, 3.63) is 62.0 Å². The van der Waals surface area contributed by atoms with E-state index in [4.69, 9.17) is 16.3 Å². The van der Waals surface area contributed by atoms with Crippen LogP contribution in [-0.2, 0) is 4.79 Å². The Labute approximate surface area is 162 Å². The number of hydrogen-bond donors (Lipinski definition) is 2. The van der Waals surface area contributed by atoms with Gasteiger partial charge in [-0.05, 0) is 30.0 Å². The minimum Gasteiger partial charge on any atom is -0.504 e. The third-order valence-corrected chi connectivity index (χ3v) is 4.76. The fourth-order valence-electron chi connectivity index (χ4n) is 2.26. The number of non-ortho nitro benzene ring substituents is 1. The standard InChI is InChI=1S/C17H12ClN3O5S/c1-26-13-8-10(21(24)25)6-9(15(13)22)7-14-16(23)20-17(27-14)19-12-5-3-2-4-11(12)18/h2-8,22H,1H3,(H,19,20,23)/b14-7-. The topological polar surface area (TPSA) is 114 Å². The molecule has 0 spiro atoms. The van der Waals surface area contributed by atoms with Crippen molar-refractivity contribution in [2.75, 3.05) is 7.11 Å². The Bertz CT molecular complexity index is 1010. The van der Waals surface area contributed by atoms with Crippen LogP contribution in [0.25, 0.3) is 6.08 Å². The lowest BCUT2D eigenvalue weighted by Crippen LogP contribution is -2.19.